The van der Waals surface area contributed by atoms with Crippen molar-refractivity contribution in [2.24, 2.45) is 0 Å². The van der Waals surface area contributed by atoms with E-state index in [1.54, 1.807) is 13.0 Å². The number of hydrogen-bond donors (Lipinski definition) is 1. The number of aromatic nitrogens is 1. The van der Waals surface area contributed by atoms with Gasteiger partial charge in [0.1, 0.15) is 0 Å². The van der Waals surface area contributed by atoms with Gasteiger partial charge in [0, 0.05) is 17.0 Å². The van der Waals surface area contributed by atoms with Crippen LogP contribution in [-0.2, 0) is 9.53 Å². The van der Waals surface area contributed by atoms with Crippen molar-refractivity contribution in [2.45, 2.75) is 13.0 Å². The van der Waals surface area contributed by atoms with E-state index in [2.05, 4.69) is 4.98 Å². The zero-order valence-electron chi connectivity index (χ0n) is 14.2. The molecule has 2 aromatic carbocycles. The molecule has 0 radical (unpaired) electrons. The van der Waals surface area contributed by atoms with Crippen molar-refractivity contribution in [2.75, 3.05) is 6.61 Å². The maximum Gasteiger partial charge on any atom is 0.337 e. The van der Waals surface area contributed by atoms with Crippen LogP contribution in [0.4, 0.5) is 0 Å². The van der Waals surface area contributed by atoms with Crippen molar-refractivity contribution in [1.29, 1.82) is 0 Å². The lowest BCUT2D eigenvalue weighted by Crippen LogP contribution is -2.15. The number of fused-ring (bicyclic) bond motifs is 1. The van der Waals surface area contributed by atoms with Gasteiger partial charge < -0.3 is 9.84 Å². The number of rotatable bonds is 6. The summed E-state index contributed by atoms with van der Waals surface area (Å²) in [5, 5.41) is 11.0. The largest absolute Gasteiger partial charge is 0.479 e. The number of aliphatic carboxylic acids is 1. The Kier molecular flexibility index (Phi) is 5.66. The highest BCUT2D eigenvalue weighted by Gasteiger charge is 2.19. The number of pyridine rings is 1. The molecule has 0 saturated heterocycles. The van der Waals surface area contributed by atoms with Gasteiger partial charge in [0.05, 0.1) is 11.2 Å². The van der Waals surface area contributed by atoms with Gasteiger partial charge in [-0.3, -0.25) is 0 Å². The van der Waals surface area contributed by atoms with Crippen LogP contribution in [0.3, 0.4) is 0 Å². The van der Waals surface area contributed by atoms with E-state index in [1.807, 2.05) is 60.7 Å². The summed E-state index contributed by atoms with van der Waals surface area (Å²) in [5.41, 5.74) is 3.11. The van der Waals surface area contributed by atoms with Crippen LogP contribution in [0.15, 0.2) is 54.6 Å². The molecule has 0 spiro atoms. The molecule has 0 aliphatic carbocycles. The molecule has 0 aliphatic rings. The second kappa shape index (κ2) is 8.13. The van der Waals surface area contributed by atoms with Crippen molar-refractivity contribution < 1.29 is 14.6 Å². The molecule has 3 rings (SSSR count). The lowest BCUT2D eigenvalue weighted by atomic mass is 10.1. The van der Waals surface area contributed by atoms with E-state index in [0.29, 0.717) is 17.2 Å². The SMILES string of the molecule is CCOC(C(=O)O)c1cccc(C=Cc2ccc3ccc(Cl)cc3n2)c1. The molecule has 4 nitrogen and oxygen atoms in total. The maximum atomic E-state index is 11.4. The van der Waals surface area contributed by atoms with Crippen molar-refractivity contribution >= 4 is 40.6 Å². The lowest BCUT2D eigenvalue weighted by Gasteiger charge is -2.13. The van der Waals surface area contributed by atoms with Crippen molar-refractivity contribution in [3.63, 3.8) is 0 Å². The highest BCUT2D eigenvalue weighted by molar-refractivity contribution is 6.31. The maximum absolute atomic E-state index is 11.4. The number of carboxylic acid groups (broad SMARTS) is 1. The van der Waals surface area contributed by atoms with Crippen LogP contribution in [-0.4, -0.2) is 22.7 Å². The third-order valence-corrected chi connectivity index (χ3v) is 4.13. The van der Waals surface area contributed by atoms with Gasteiger partial charge in [-0.15, -0.1) is 0 Å². The second-order valence-corrected chi connectivity index (χ2v) is 6.19. The normalized spacial score (nSPS) is 12.5. The van der Waals surface area contributed by atoms with E-state index in [-0.39, 0.29) is 0 Å². The standard InChI is InChI=1S/C21H18ClNO3/c1-2-26-20(21(24)25)16-5-3-4-14(12-16)6-10-18-11-8-15-7-9-17(22)13-19(15)23-18/h3-13,20H,2H2,1H3,(H,24,25). The molecule has 1 atom stereocenters. The first-order valence-corrected chi connectivity index (χ1v) is 8.63. The number of ether oxygens (including phenoxy) is 1. The number of nitrogens with zero attached hydrogens (tertiary/aromatic N) is 1. The van der Waals surface area contributed by atoms with E-state index in [4.69, 9.17) is 16.3 Å². The molecule has 0 amide bonds. The number of carbonyl (C=O) groups is 1. The molecule has 3 aromatic rings. The van der Waals surface area contributed by atoms with Crippen molar-refractivity contribution in [3.8, 4) is 0 Å². The van der Waals surface area contributed by atoms with Crippen LogP contribution in [0, 0.1) is 0 Å². The van der Waals surface area contributed by atoms with E-state index in [9.17, 15) is 9.90 Å². The second-order valence-electron chi connectivity index (χ2n) is 5.75. The lowest BCUT2D eigenvalue weighted by molar-refractivity contribution is -0.150. The Bertz CT molecular complexity index is 968. The number of carboxylic acids is 1. The highest BCUT2D eigenvalue weighted by atomic mass is 35.5. The van der Waals surface area contributed by atoms with E-state index in [1.165, 1.54) is 0 Å². The molecule has 0 bridgehead atoms. The van der Waals surface area contributed by atoms with Gasteiger partial charge in [0.15, 0.2) is 6.10 Å². The van der Waals surface area contributed by atoms with Crippen LogP contribution in [0.5, 0.6) is 0 Å². The Hall–Kier alpha value is -2.69. The number of benzene rings is 2. The summed E-state index contributed by atoms with van der Waals surface area (Å²) in [7, 11) is 0. The summed E-state index contributed by atoms with van der Waals surface area (Å²) in [6.07, 6.45) is 2.82. The third kappa shape index (κ3) is 4.28. The molecule has 0 saturated carbocycles. The minimum atomic E-state index is -0.999. The van der Waals surface area contributed by atoms with Gasteiger partial charge in [-0.1, -0.05) is 48.0 Å². The van der Waals surface area contributed by atoms with Gasteiger partial charge in [0.25, 0.3) is 0 Å². The molecule has 26 heavy (non-hydrogen) atoms. The zero-order chi connectivity index (χ0) is 18.5. The van der Waals surface area contributed by atoms with Crippen LogP contribution in [0.1, 0.15) is 29.8 Å². The molecule has 5 heteroatoms. The van der Waals surface area contributed by atoms with Gasteiger partial charge in [-0.05, 0) is 48.4 Å². The minimum absolute atomic E-state index is 0.334. The third-order valence-electron chi connectivity index (χ3n) is 3.89. The fourth-order valence-electron chi connectivity index (χ4n) is 2.68. The monoisotopic (exact) mass is 367 g/mol. The highest BCUT2D eigenvalue weighted by Crippen LogP contribution is 2.21. The molecule has 1 N–H and O–H groups in total. The minimum Gasteiger partial charge on any atom is -0.479 e. The number of hydrogen-bond acceptors (Lipinski definition) is 3. The summed E-state index contributed by atoms with van der Waals surface area (Å²) in [6, 6.07) is 16.8. The van der Waals surface area contributed by atoms with Crippen LogP contribution >= 0.6 is 11.6 Å². The zero-order valence-corrected chi connectivity index (χ0v) is 15.0. The number of halogens is 1. The van der Waals surface area contributed by atoms with Gasteiger partial charge in [-0.25, -0.2) is 9.78 Å². The van der Waals surface area contributed by atoms with Gasteiger partial charge in [0.2, 0.25) is 0 Å². The molecular formula is C21H18ClNO3. The first-order chi connectivity index (χ1) is 12.6. The molecule has 0 fully saturated rings. The van der Waals surface area contributed by atoms with Crippen LogP contribution < -0.4 is 0 Å². The molecule has 1 aromatic heterocycles. The molecular weight excluding hydrogens is 350 g/mol. The predicted molar refractivity (Wildman–Crippen MR) is 104 cm³/mol. The Labute approximate surface area is 156 Å². The average Bonchev–Trinajstić information content (AvgIpc) is 2.64. The Balaban J connectivity index is 1.86. The fraction of sp³-hybridized carbons (Fsp3) is 0.143. The average molecular weight is 368 g/mol. The summed E-state index contributed by atoms with van der Waals surface area (Å²) in [4.78, 5) is 15.9. The first kappa shape index (κ1) is 18.1. The molecule has 132 valence electrons. The Morgan fingerprint density at radius 1 is 1.19 bits per heavy atom. The summed E-state index contributed by atoms with van der Waals surface area (Å²) in [6.45, 7) is 2.11. The predicted octanol–water partition coefficient (Wildman–Crippen LogP) is 5.22. The van der Waals surface area contributed by atoms with E-state index < -0.39 is 12.1 Å². The fourth-order valence-corrected chi connectivity index (χ4v) is 2.85. The van der Waals surface area contributed by atoms with Gasteiger partial charge >= 0.3 is 5.97 Å². The topological polar surface area (TPSA) is 59.4 Å². The van der Waals surface area contributed by atoms with Crippen LogP contribution in [0.2, 0.25) is 5.02 Å². The smallest absolute Gasteiger partial charge is 0.337 e. The molecule has 1 heterocycles. The Morgan fingerprint density at radius 3 is 2.77 bits per heavy atom. The first-order valence-electron chi connectivity index (χ1n) is 8.25. The van der Waals surface area contributed by atoms with Crippen molar-refractivity contribution in [3.05, 3.63) is 76.4 Å². The van der Waals surface area contributed by atoms with Crippen LogP contribution in [0.25, 0.3) is 23.1 Å². The van der Waals surface area contributed by atoms with Crippen molar-refractivity contribution in [1.82, 2.24) is 4.98 Å². The summed E-state index contributed by atoms with van der Waals surface area (Å²) < 4.78 is 5.32. The summed E-state index contributed by atoms with van der Waals surface area (Å²) >= 11 is 6.02. The van der Waals surface area contributed by atoms with E-state index in [0.717, 1.165) is 22.2 Å². The Morgan fingerprint density at radius 2 is 2.00 bits per heavy atom. The van der Waals surface area contributed by atoms with E-state index >= 15 is 0 Å². The summed E-state index contributed by atoms with van der Waals surface area (Å²) in [5.74, 6) is -0.999. The molecule has 0 aliphatic heterocycles. The quantitative estimate of drug-likeness (QED) is 0.648. The molecule has 1 unspecified atom stereocenters. The van der Waals surface area contributed by atoms with Gasteiger partial charge in [-0.2, -0.15) is 0 Å².